The van der Waals surface area contributed by atoms with Gasteiger partial charge in [0.05, 0.1) is 28.6 Å². The maximum absolute atomic E-state index is 12.6. The van der Waals surface area contributed by atoms with Crippen LogP contribution in [0.15, 0.2) is 47.4 Å². The fraction of sp³-hybridized carbons (Fsp3) is 0.263. The number of sulfone groups is 1. The van der Waals surface area contributed by atoms with E-state index in [1.165, 1.54) is 18.2 Å². The van der Waals surface area contributed by atoms with Crippen molar-refractivity contribution in [2.24, 2.45) is 0 Å². The first-order chi connectivity index (χ1) is 13.4. The van der Waals surface area contributed by atoms with Crippen LogP contribution in [0.1, 0.15) is 13.3 Å². The Morgan fingerprint density at radius 3 is 2.82 bits per heavy atom. The van der Waals surface area contributed by atoms with Gasteiger partial charge >= 0.3 is 0 Å². The summed E-state index contributed by atoms with van der Waals surface area (Å²) in [7, 11) is -3.72. The van der Waals surface area contributed by atoms with Crippen LogP contribution < -0.4 is 20.1 Å². The van der Waals surface area contributed by atoms with Gasteiger partial charge < -0.3 is 20.1 Å². The van der Waals surface area contributed by atoms with Gasteiger partial charge in [0.1, 0.15) is 11.5 Å². The number of ether oxygens (including phenoxy) is 2. The molecule has 0 saturated heterocycles. The number of amides is 2. The lowest BCUT2D eigenvalue weighted by molar-refractivity contribution is -0.118. The van der Waals surface area contributed by atoms with Crippen LogP contribution in [0.25, 0.3) is 0 Å². The Hall–Kier alpha value is -3.07. The number of fused-ring (bicyclic) bond motifs is 1. The van der Waals surface area contributed by atoms with Crippen molar-refractivity contribution >= 4 is 33.0 Å². The predicted molar refractivity (Wildman–Crippen MR) is 103 cm³/mol. The molecular weight excluding hydrogens is 384 g/mol. The number of anilines is 2. The Labute approximate surface area is 162 Å². The van der Waals surface area contributed by atoms with Crippen LogP contribution in [0, 0.1) is 0 Å². The van der Waals surface area contributed by atoms with Crippen LogP contribution in [-0.4, -0.2) is 39.2 Å². The number of benzene rings is 2. The molecule has 0 bridgehead atoms. The molecule has 2 aromatic carbocycles. The summed E-state index contributed by atoms with van der Waals surface area (Å²) in [5.41, 5.74) is 0.785. The molecular formula is C19H20N2O6S. The first kappa shape index (κ1) is 19.7. The van der Waals surface area contributed by atoms with E-state index in [-0.39, 0.29) is 29.6 Å². The van der Waals surface area contributed by atoms with Gasteiger partial charge in [-0.15, -0.1) is 0 Å². The minimum absolute atomic E-state index is 0.0135. The van der Waals surface area contributed by atoms with Gasteiger partial charge in [-0.2, -0.15) is 0 Å². The topological polar surface area (TPSA) is 111 Å². The van der Waals surface area contributed by atoms with E-state index in [1.54, 1.807) is 24.3 Å². The fourth-order valence-electron chi connectivity index (χ4n) is 2.66. The van der Waals surface area contributed by atoms with Crippen molar-refractivity contribution in [3.63, 3.8) is 0 Å². The molecule has 0 radical (unpaired) electrons. The average molecular weight is 404 g/mol. The van der Waals surface area contributed by atoms with E-state index in [1.807, 2.05) is 6.92 Å². The molecule has 9 heteroatoms. The highest BCUT2D eigenvalue weighted by Gasteiger charge is 2.22. The molecule has 2 aromatic rings. The number of hydrogen-bond donors (Lipinski definition) is 2. The zero-order valence-corrected chi connectivity index (χ0v) is 16.0. The first-order valence-corrected chi connectivity index (χ1v) is 10.4. The molecule has 3 rings (SSSR count). The summed E-state index contributed by atoms with van der Waals surface area (Å²) < 4.78 is 35.8. The molecule has 8 nitrogen and oxygen atoms in total. The number of carbonyl (C=O) groups excluding carboxylic acids is 2. The van der Waals surface area contributed by atoms with Crippen molar-refractivity contribution < 1.29 is 27.5 Å². The number of hydrogen-bond acceptors (Lipinski definition) is 6. The molecule has 0 unspecified atom stereocenters. The molecule has 0 fully saturated rings. The van der Waals surface area contributed by atoms with Crippen molar-refractivity contribution in [1.82, 2.24) is 0 Å². The summed E-state index contributed by atoms with van der Waals surface area (Å²) in [6, 6.07) is 11.2. The summed E-state index contributed by atoms with van der Waals surface area (Å²) in [5, 5.41) is 5.24. The Bertz CT molecular complexity index is 1000. The number of carbonyl (C=O) groups is 2. The molecule has 0 aromatic heterocycles. The van der Waals surface area contributed by atoms with Gasteiger partial charge in [0.25, 0.3) is 5.91 Å². The number of nitrogens with one attached hydrogen (secondary N) is 2. The van der Waals surface area contributed by atoms with E-state index < -0.39 is 15.7 Å². The van der Waals surface area contributed by atoms with Crippen LogP contribution in [-0.2, 0) is 19.4 Å². The summed E-state index contributed by atoms with van der Waals surface area (Å²) in [4.78, 5) is 23.6. The Kier molecular flexibility index (Phi) is 5.84. The smallest absolute Gasteiger partial charge is 0.262 e. The van der Waals surface area contributed by atoms with Crippen LogP contribution in [0.3, 0.4) is 0 Å². The molecule has 0 aliphatic carbocycles. The second-order valence-corrected chi connectivity index (χ2v) is 8.15. The van der Waals surface area contributed by atoms with E-state index >= 15 is 0 Å². The van der Waals surface area contributed by atoms with E-state index in [4.69, 9.17) is 9.47 Å². The van der Waals surface area contributed by atoms with E-state index in [2.05, 4.69) is 10.6 Å². The Morgan fingerprint density at radius 2 is 2.04 bits per heavy atom. The highest BCUT2D eigenvalue weighted by Crippen LogP contribution is 2.30. The summed E-state index contributed by atoms with van der Waals surface area (Å²) in [6.45, 7) is 2.17. The Morgan fingerprint density at radius 1 is 1.25 bits per heavy atom. The third kappa shape index (κ3) is 4.61. The maximum Gasteiger partial charge on any atom is 0.262 e. The molecule has 148 valence electrons. The molecule has 0 spiro atoms. The standard InChI is InChI=1S/C19H20N2O6S/c1-2-26-16-6-4-3-5-14(16)20-18(22)9-10-28(24,25)13-7-8-17-15(11-13)21-19(23)12-27-17/h3-8,11H,2,9-10,12H2,1H3,(H,20,22)(H,21,23). The average Bonchev–Trinajstić information content (AvgIpc) is 2.67. The number of rotatable bonds is 7. The molecule has 0 atom stereocenters. The maximum atomic E-state index is 12.6. The highest BCUT2D eigenvalue weighted by atomic mass is 32.2. The van der Waals surface area contributed by atoms with Gasteiger partial charge in [0.15, 0.2) is 16.4 Å². The zero-order chi connectivity index (χ0) is 20.1. The monoisotopic (exact) mass is 404 g/mol. The van der Waals surface area contributed by atoms with Gasteiger partial charge in [-0.05, 0) is 37.3 Å². The second kappa shape index (κ2) is 8.30. The molecule has 1 heterocycles. The first-order valence-electron chi connectivity index (χ1n) is 8.70. The second-order valence-electron chi connectivity index (χ2n) is 6.04. The summed E-state index contributed by atoms with van der Waals surface area (Å²) in [5.74, 6) is -0.237. The lowest BCUT2D eigenvalue weighted by Crippen LogP contribution is -2.25. The van der Waals surface area contributed by atoms with Crippen molar-refractivity contribution in [2.75, 3.05) is 29.6 Å². The van der Waals surface area contributed by atoms with Gasteiger partial charge in [-0.3, -0.25) is 9.59 Å². The van der Waals surface area contributed by atoms with Crippen molar-refractivity contribution in [1.29, 1.82) is 0 Å². The van der Waals surface area contributed by atoms with E-state index in [9.17, 15) is 18.0 Å². The molecule has 1 aliphatic rings. The van der Waals surface area contributed by atoms with Crippen molar-refractivity contribution in [3.8, 4) is 11.5 Å². The van der Waals surface area contributed by atoms with E-state index in [0.29, 0.717) is 29.5 Å². The summed E-state index contributed by atoms with van der Waals surface area (Å²) >= 11 is 0. The largest absolute Gasteiger partial charge is 0.492 e. The number of para-hydroxylation sites is 2. The third-order valence-corrected chi connectivity index (χ3v) is 5.72. The van der Waals surface area contributed by atoms with Gasteiger partial charge in [-0.25, -0.2) is 8.42 Å². The SMILES string of the molecule is CCOc1ccccc1NC(=O)CCS(=O)(=O)c1ccc2c(c1)NC(=O)CO2. The fourth-order valence-corrected chi connectivity index (χ4v) is 3.93. The quantitative estimate of drug-likeness (QED) is 0.732. The Balaban J connectivity index is 1.66. The van der Waals surface area contributed by atoms with Crippen molar-refractivity contribution in [3.05, 3.63) is 42.5 Å². The van der Waals surface area contributed by atoms with Gasteiger partial charge in [0.2, 0.25) is 5.91 Å². The van der Waals surface area contributed by atoms with Gasteiger partial charge in [-0.1, -0.05) is 12.1 Å². The molecule has 1 aliphatic heterocycles. The molecule has 2 N–H and O–H groups in total. The van der Waals surface area contributed by atoms with Crippen LogP contribution in [0.4, 0.5) is 11.4 Å². The summed E-state index contributed by atoms with van der Waals surface area (Å²) in [6.07, 6.45) is -0.220. The van der Waals surface area contributed by atoms with Crippen LogP contribution >= 0.6 is 0 Å². The van der Waals surface area contributed by atoms with E-state index in [0.717, 1.165) is 0 Å². The minimum Gasteiger partial charge on any atom is -0.492 e. The third-order valence-electron chi connectivity index (χ3n) is 4.00. The highest BCUT2D eigenvalue weighted by molar-refractivity contribution is 7.91. The molecule has 2 amide bonds. The van der Waals surface area contributed by atoms with Crippen LogP contribution in [0.5, 0.6) is 11.5 Å². The lowest BCUT2D eigenvalue weighted by Gasteiger charge is -2.18. The van der Waals surface area contributed by atoms with Crippen LogP contribution in [0.2, 0.25) is 0 Å². The van der Waals surface area contributed by atoms with Gasteiger partial charge in [0, 0.05) is 6.42 Å². The minimum atomic E-state index is -3.72. The lowest BCUT2D eigenvalue weighted by atomic mass is 10.2. The predicted octanol–water partition coefficient (Wildman–Crippen LogP) is 2.22. The molecule has 0 saturated carbocycles. The zero-order valence-electron chi connectivity index (χ0n) is 15.2. The normalized spacial score (nSPS) is 13.1. The molecule has 28 heavy (non-hydrogen) atoms. The van der Waals surface area contributed by atoms with Crippen molar-refractivity contribution in [2.45, 2.75) is 18.2 Å².